The van der Waals surface area contributed by atoms with Crippen molar-refractivity contribution in [3.05, 3.63) is 48.0 Å². The first-order valence-corrected chi connectivity index (χ1v) is 8.82. The zero-order valence-corrected chi connectivity index (χ0v) is 14.3. The van der Waals surface area contributed by atoms with E-state index < -0.39 is 10.0 Å². The molecule has 0 saturated heterocycles. The van der Waals surface area contributed by atoms with Crippen LogP contribution in [0.3, 0.4) is 0 Å². The molecule has 0 heterocycles. The van der Waals surface area contributed by atoms with Crippen molar-refractivity contribution in [3.8, 4) is 11.5 Å². The Morgan fingerprint density at radius 1 is 1.00 bits per heavy atom. The highest BCUT2D eigenvalue weighted by molar-refractivity contribution is 7.92. The van der Waals surface area contributed by atoms with E-state index in [0.717, 1.165) is 18.4 Å². The third-order valence-electron chi connectivity index (χ3n) is 3.42. The summed E-state index contributed by atoms with van der Waals surface area (Å²) < 4.78 is 37.9. The highest BCUT2D eigenvalue weighted by Crippen LogP contribution is 2.30. The van der Waals surface area contributed by atoms with Crippen molar-refractivity contribution >= 4 is 15.7 Å². The Morgan fingerprint density at radius 3 is 2.26 bits per heavy atom. The summed E-state index contributed by atoms with van der Waals surface area (Å²) in [7, 11) is -0.683. The molecule has 0 aliphatic heterocycles. The molecule has 0 bridgehead atoms. The monoisotopic (exact) mass is 335 g/mol. The Bertz CT molecular complexity index is 755. The average Bonchev–Trinajstić information content (AvgIpc) is 2.55. The van der Waals surface area contributed by atoms with Crippen molar-refractivity contribution < 1.29 is 17.9 Å². The fourth-order valence-electron chi connectivity index (χ4n) is 2.22. The van der Waals surface area contributed by atoms with Gasteiger partial charge in [-0.2, -0.15) is 0 Å². The number of aryl methyl sites for hydroxylation is 1. The molecule has 0 radical (unpaired) electrons. The SMILES string of the molecule is CCCc1ccc(S(=O)(=O)Nc2cc(OC)ccc2OC)cc1. The minimum Gasteiger partial charge on any atom is -0.497 e. The predicted octanol–water partition coefficient (Wildman–Crippen LogP) is 3.46. The highest BCUT2D eigenvalue weighted by atomic mass is 32.2. The highest BCUT2D eigenvalue weighted by Gasteiger charge is 2.17. The third-order valence-corrected chi connectivity index (χ3v) is 4.80. The Hall–Kier alpha value is -2.21. The van der Waals surface area contributed by atoms with Gasteiger partial charge in [0.1, 0.15) is 11.5 Å². The van der Waals surface area contributed by atoms with E-state index in [1.165, 1.54) is 14.2 Å². The molecule has 2 aromatic carbocycles. The van der Waals surface area contributed by atoms with E-state index in [1.807, 2.05) is 12.1 Å². The summed E-state index contributed by atoms with van der Waals surface area (Å²) in [5.74, 6) is 0.971. The fourth-order valence-corrected chi connectivity index (χ4v) is 3.28. The lowest BCUT2D eigenvalue weighted by atomic mass is 10.1. The molecule has 0 spiro atoms. The Morgan fingerprint density at radius 2 is 1.70 bits per heavy atom. The standard InChI is InChI=1S/C17H21NO4S/c1-4-5-13-6-9-15(10-7-13)23(19,20)18-16-12-14(21-2)8-11-17(16)22-3/h6-12,18H,4-5H2,1-3H3. The van der Waals surface area contributed by atoms with Gasteiger partial charge in [-0.3, -0.25) is 4.72 Å². The molecule has 5 nitrogen and oxygen atoms in total. The maximum atomic E-state index is 12.5. The zero-order valence-electron chi connectivity index (χ0n) is 13.5. The van der Waals surface area contributed by atoms with E-state index in [4.69, 9.17) is 9.47 Å². The fraction of sp³-hybridized carbons (Fsp3) is 0.294. The number of nitrogens with one attached hydrogen (secondary N) is 1. The van der Waals surface area contributed by atoms with Gasteiger partial charge in [0, 0.05) is 6.07 Å². The summed E-state index contributed by atoms with van der Waals surface area (Å²) in [6, 6.07) is 11.8. The van der Waals surface area contributed by atoms with E-state index in [2.05, 4.69) is 11.6 Å². The van der Waals surface area contributed by atoms with Crippen LogP contribution in [0.15, 0.2) is 47.4 Å². The number of hydrogen-bond acceptors (Lipinski definition) is 4. The quantitative estimate of drug-likeness (QED) is 0.841. The van der Waals surface area contributed by atoms with Gasteiger partial charge in [0.2, 0.25) is 0 Å². The molecule has 0 aliphatic rings. The van der Waals surface area contributed by atoms with E-state index in [-0.39, 0.29) is 4.90 Å². The smallest absolute Gasteiger partial charge is 0.262 e. The van der Waals surface area contributed by atoms with Crippen molar-refractivity contribution in [2.24, 2.45) is 0 Å². The van der Waals surface area contributed by atoms with Crippen LogP contribution in [0.25, 0.3) is 0 Å². The van der Waals surface area contributed by atoms with Gasteiger partial charge in [-0.25, -0.2) is 8.42 Å². The molecule has 0 saturated carbocycles. The van der Waals surface area contributed by atoms with E-state index >= 15 is 0 Å². The van der Waals surface area contributed by atoms with Crippen molar-refractivity contribution in [1.82, 2.24) is 0 Å². The summed E-state index contributed by atoms with van der Waals surface area (Å²) in [6.07, 6.45) is 1.95. The lowest BCUT2D eigenvalue weighted by molar-refractivity contribution is 0.405. The van der Waals surface area contributed by atoms with E-state index in [0.29, 0.717) is 17.2 Å². The van der Waals surface area contributed by atoms with Gasteiger partial charge in [-0.15, -0.1) is 0 Å². The second-order valence-electron chi connectivity index (χ2n) is 5.07. The lowest BCUT2D eigenvalue weighted by Crippen LogP contribution is -2.13. The molecule has 2 rings (SSSR count). The second kappa shape index (κ2) is 7.37. The van der Waals surface area contributed by atoms with Crippen LogP contribution >= 0.6 is 0 Å². The van der Waals surface area contributed by atoms with E-state index in [9.17, 15) is 8.42 Å². The van der Waals surface area contributed by atoms with Gasteiger partial charge in [0.05, 0.1) is 24.8 Å². The Kier molecular flexibility index (Phi) is 5.50. The van der Waals surface area contributed by atoms with Crippen LogP contribution in [0.5, 0.6) is 11.5 Å². The molecule has 6 heteroatoms. The Labute approximate surface area is 137 Å². The molecule has 0 fully saturated rings. The van der Waals surface area contributed by atoms with Crippen LogP contribution in [0.1, 0.15) is 18.9 Å². The normalized spacial score (nSPS) is 11.1. The van der Waals surface area contributed by atoms with E-state index in [1.54, 1.807) is 30.3 Å². The van der Waals surface area contributed by atoms with Gasteiger partial charge in [0.15, 0.2) is 0 Å². The largest absolute Gasteiger partial charge is 0.497 e. The molecule has 0 amide bonds. The maximum absolute atomic E-state index is 12.5. The van der Waals surface area contributed by atoms with Crippen molar-refractivity contribution in [3.63, 3.8) is 0 Å². The molecule has 2 aromatic rings. The first-order chi connectivity index (χ1) is 11.0. The molecule has 124 valence electrons. The van der Waals surface area contributed by atoms with Crippen molar-refractivity contribution in [2.45, 2.75) is 24.7 Å². The van der Waals surface area contributed by atoms with Crippen molar-refractivity contribution in [1.29, 1.82) is 0 Å². The van der Waals surface area contributed by atoms with Gasteiger partial charge in [-0.05, 0) is 36.2 Å². The Balaban J connectivity index is 2.30. The number of sulfonamides is 1. The minimum atomic E-state index is -3.69. The molecule has 0 atom stereocenters. The average molecular weight is 335 g/mol. The lowest BCUT2D eigenvalue weighted by Gasteiger charge is -2.13. The second-order valence-corrected chi connectivity index (χ2v) is 6.75. The number of anilines is 1. The summed E-state index contributed by atoms with van der Waals surface area (Å²) in [4.78, 5) is 0.210. The topological polar surface area (TPSA) is 64.6 Å². The molecule has 0 aromatic heterocycles. The van der Waals surface area contributed by atoms with Crippen LogP contribution in [0.4, 0.5) is 5.69 Å². The first-order valence-electron chi connectivity index (χ1n) is 7.34. The van der Waals surface area contributed by atoms with Gasteiger partial charge in [0.25, 0.3) is 10.0 Å². The first kappa shape index (κ1) is 17.1. The summed E-state index contributed by atoms with van der Waals surface area (Å²) in [5.41, 5.74) is 1.45. The number of hydrogen-bond donors (Lipinski definition) is 1. The molecular weight excluding hydrogens is 314 g/mol. The summed E-state index contributed by atoms with van der Waals surface area (Å²) in [6.45, 7) is 2.08. The van der Waals surface area contributed by atoms with Crippen LogP contribution in [0, 0.1) is 0 Å². The molecule has 1 N–H and O–H groups in total. The van der Waals surface area contributed by atoms with Crippen LogP contribution < -0.4 is 14.2 Å². The van der Waals surface area contributed by atoms with Gasteiger partial charge < -0.3 is 9.47 Å². The predicted molar refractivity (Wildman–Crippen MR) is 90.8 cm³/mol. The minimum absolute atomic E-state index is 0.210. The van der Waals surface area contributed by atoms with Crippen LogP contribution in [0.2, 0.25) is 0 Å². The summed E-state index contributed by atoms with van der Waals surface area (Å²) in [5, 5.41) is 0. The number of benzene rings is 2. The van der Waals surface area contributed by atoms with Gasteiger partial charge >= 0.3 is 0 Å². The third kappa shape index (κ3) is 4.16. The zero-order chi connectivity index (χ0) is 16.9. The number of ether oxygens (including phenoxy) is 2. The summed E-state index contributed by atoms with van der Waals surface area (Å²) >= 11 is 0. The van der Waals surface area contributed by atoms with Crippen LogP contribution in [-0.2, 0) is 16.4 Å². The van der Waals surface area contributed by atoms with Gasteiger partial charge in [-0.1, -0.05) is 25.5 Å². The maximum Gasteiger partial charge on any atom is 0.262 e. The number of rotatable bonds is 7. The number of methoxy groups -OCH3 is 2. The molecule has 0 unspecified atom stereocenters. The molecular formula is C17H21NO4S. The molecule has 23 heavy (non-hydrogen) atoms. The van der Waals surface area contributed by atoms with Crippen molar-refractivity contribution in [2.75, 3.05) is 18.9 Å². The molecule has 0 aliphatic carbocycles. The van der Waals surface area contributed by atoms with Crippen LogP contribution in [-0.4, -0.2) is 22.6 Å².